The van der Waals surface area contributed by atoms with Gasteiger partial charge in [0, 0.05) is 26.2 Å². The highest BCUT2D eigenvalue weighted by atomic mass is 35.5. The Morgan fingerprint density at radius 1 is 1.14 bits per heavy atom. The van der Waals surface area contributed by atoms with Crippen molar-refractivity contribution < 1.29 is 14.3 Å². The molecule has 1 heterocycles. The van der Waals surface area contributed by atoms with E-state index in [1.54, 1.807) is 9.80 Å². The number of halogens is 1. The van der Waals surface area contributed by atoms with E-state index in [0.717, 1.165) is 11.3 Å². The van der Waals surface area contributed by atoms with Crippen LogP contribution < -0.4 is 4.74 Å². The van der Waals surface area contributed by atoms with E-state index in [9.17, 15) is 9.59 Å². The van der Waals surface area contributed by atoms with Gasteiger partial charge in [-0.3, -0.25) is 9.59 Å². The molecule has 0 radical (unpaired) electrons. The van der Waals surface area contributed by atoms with Gasteiger partial charge in [0.2, 0.25) is 11.8 Å². The first-order chi connectivity index (χ1) is 10.6. The van der Waals surface area contributed by atoms with Crippen LogP contribution in [-0.4, -0.2) is 60.3 Å². The molecule has 0 saturated carbocycles. The molecule has 0 spiro atoms. The second kappa shape index (κ2) is 8.03. The summed E-state index contributed by atoms with van der Waals surface area (Å²) in [6.07, 6.45) is 0.345. The second-order valence-corrected chi connectivity index (χ2v) is 5.58. The first-order valence-electron chi connectivity index (χ1n) is 7.41. The molecule has 22 heavy (non-hydrogen) atoms. The fourth-order valence-corrected chi connectivity index (χ4v) is 2.58. The minimum atomic E-state index is -0.0726. The first kappa shape index (κ1) is 16.6. The van der Waals surface area contributed by atoms with Crippen LogP contribution in [0, 0.1) is 6.92 Å². The van der Waals surface area contributed by atoms with Crippen molar-refractivity contribution in [2.75, 3.05) is 38.7 Å². The summed E-state index contributed by atoms with van der Waals surface area (Å²) in [6.45, 7) is 4.59. The smallest absolute Gasteiger partial charge is 0.237 e. The van der Waals surface area contributed by atoms with Crippen molar-refractivity contribution in [2.45, 2.75) is 13.3 Å². The summed E-state index contributed by atoms with van der Waals surface area (Å²) in [4.78, 5) is 27.1. The number of aryl methyl sites for hydroxylation is 1. The van der Waals surface area contributed by atoms with E-state index in [-0.39, 0.29) is 17.7 Å². The molecule has 1 saturated heterocycles. The van der Waals surface area contributed by atoms with E-state index in [1.807, 2.05) is 31.2 Å². The van der Waals surface area contributed by atoms with E-state index < -0.39 is 0 Å². The molecular weight excluding hydrogens is 304 g/mol. The standard InChI is InChI=1S/C16H21ClN2O3/c1-13-3-2-4-14(11-13)22-10-5-15(20)18-6-8-19(9-7-18)16(21)12-17/h2-4,11H,5-10,12H2,1H3. The zero-order valence-corrected chi connectivity index (χ0v) is 13.5. The number of carbonyl (C=O) groups is 2. The van der Waals surface area contributed by atoms with Crippen molar-refractivity contribution in [3.8, 4) is 5.75 Å². The van der Waals surface area contributed by atoms with Gasteiger partial charge in [-0.25, -0.2) is 0 Å². The van der Waals surface area contributed by atoms with Crippen LogP contribution in [-0.2, 0) is 9.59 Å². The number of hydrogen-bond donors (Lipinski definition) is 0. The molecule has 2 rings (SSSR count). The summed E-state index contributed by atoms with van der Waals surface area (Å²) >= 11 is 5.53. The second-order valence-electron chi connectivity index (χ2n) is 5.31. The van der Waals surface area contributed by atoms with Crippen LogP contribution in [0.3, 0.4) is 0 Å². The molecule has 1 fully saturated rings. The summed E-state index contributed by atoms with van der Waals surface area (Å²) in [6, 6.07) is 7.76. The molecule has 5 nitrogen and oxygen atoms in total. The lowest BCUT2D eigenvalue weighted by molar-refractivity contribution is -0.138. The minimum Gasteiger partial charge on any atom is -0.493 e. The molecule has 0 aromatic heterocycles. The average molecular weight is 325 g/mol. The highest BCUT2D eigenvalue weighted by Gasteiger charge is 2.23. The third-order valence-corrected chi connectivity index (χ3v) is 3.90. The van der Waals surface area contributed by atoms with Crippen LogP contribution in [0.1, 0.15) is 12.0 Å². The molecule has 0 N–H and O–H groups in total. The van der Waals surface area contributed by atoms with E-state index in [4.69, 9.17) is 16.3 Å². The Kier molecular flexibility index (Phi) is 6.07. The van der Waals surface area contributed by atoms with Crippen molar-refractivity contribution in [1.29, 1.82) is 0 Å². The number of amides is 2. The lowest BCUT2D eigenvalue weighted by Crippen LogP contribution is -2.51. The van der Waals surface area contributed by atoms with E-state index in [1.165, 1.54) is 0 Å². The van der Waals surface area contributed by atoms with Crippen LogP contribution in [0.25, 0.3) is 0 Å². The van der Waals surface area contributed by atoms with Crippen molar-refractivity contribution in [2.24, 2.45) is 0 Å². The summed E-state index contributed by atoms with van der Waals surface area (Å²) in [5, 5.41) is 0. The Morgan fingerprint density at radius 3 is 2.36 bits per heavy atom. The quantitative estimate of drug-likeness (QED) is 0.774. The van der Waals surface area contributed by atoms with Crippen molar-refractivity contribution in [1.82, 2.24) is 9.80 Å². The Balaban J connectivity index is 1.71. The van der Waals surface area contributed by atoms with Crippen LogP contribution >= 0.6 is 11.6 Å². The normalized spacial score (nSPS) is 14.8. The summed E-state index contributed by atoms with van der Waals surface area (Å²) < 4.78 is 5.60. The summed E-state index contributed by atoms with van der Waals surface area (Å²) in [5.41, 5.74) is 1.13. The molecule has 0 unspecified atom stereocenters. The van der Waals surface area contributed by atoms with Gasteiger partial charge in [0.1, 0.15) is 11.6 Å². The number of rotatable bonds is 5. The van der Waals surface area contributed by atoms with Gasteiger partial charge in [-0.05, 0) is 24.6 Å². The number of carbonyl (C=O) groups excluding carboxylic acids is 2. The van der Waals surface area contributed by atoms with Gasteiger partial charge in [-0.1, -0.05) is 12.1 Å². The molecule has 1 aliphatic heterocycles. The zero-order chi connectivity index (χ0) is 15.9. The fraction of sp³-hybridized carbons (Fsp3) is 0.500. The van der Waals surface area contributed by atoms with Crippen LogP contribution in [0.15, 0.2) is 24.3 Å². The molecule has 1 aromatic rings. The molecule has 6 heteroatoms. The van der Waals surface area contributed by atoms with Gasteiger partial charge in [0.25, 0.3) is 0 Å². The Labute approximate surface area is 135 Å². The molecule has 0 aliphatic carbocycles. The number of piperazine rings is 1. The molecule has 1 aromatic carbocycles. The van der Waals surface area contributed by atoms with Gasteiger partial charge >= 0.3 is 0 Å². The lowest BCUT2D eigenvalue weighted by Gasteiger charge is -2.34. The van der Waals surface area contributed by atoms with Gasteiger partial charge in [0.15, 0.2) is 0 Å². The number of alkyl halides is 1. The van der Waals surface area contributed by atoms with Crippen LogP contribution in [0.2, 0.25) is 0 Å². The van der Waals surface area contributed by atoms with Gasteiger partial charge in [-0.15, -0.1) is 11.6 Å². The highest BCUT2D eigenvalue weighted by Crippen LogP contribution is 2.13. The summed E-state index contributed by atoms with van der Waals surface area (Å²) in [7, 11) is 0. The summed E-state index contributed by atoms with van der Waals surface area (Å²) in [5.74, 6) is 0.769. The first-order valence-corrected chi connectivity index (χ1v) is 7.94. The van der Waals surface area contributed by atoms with Crippen molar-refractivity contribution >= 4 is 23.4 Å². The third-order valence-electron chi connectivity index (χ3n) is 3.67. The molecular formula is C16H21ClN2O3. The molecule has 120 valence electrons. The monoisotopic (exact) mass is 324 g/mol. The zero-order valence-electron chi connectivity index (χ0n) is 12.8. The number of nitrogens with zero attached hydrogens (tertiary/aromatic N) is 2. The Hall–Kier alpha value is -1.75. The maximum Gasteiger partial charge on any atom is 0.237 e. The average Bonchev–Trinajstić information content (AvgIpc) is 2.54. The lowest BCUT2D eigenvalue weighted by atomic mass is 10.2. The van der Waals surface area contributed by atoms with Gasteiger partial charge in [0.05, 0.1) is 13.0 Å². The van der Waals surface area contributed by atoms with Crippen LogP contribution in [0.4, 0.5) is 0 Å². The van der Waals surface area contributed by atoms with Crippen molar-refractivity contribution in [3.05, 3.63) is 29.8 Å². The molecule has 2 amide bonds. The van der Waals surface area contributed by atoms with Crippen LogP contribution in [0.5, 0.6) is 5.75 Å². The largest absolute Gasteiger partial charge is 0.493 e. The Morgan fingerprint density at radius 2 is 1.77 bits per heavy atom. The maximum atomic E-state index is 12.1. The topological polar surface area (TPSA) is 49.9 Å². The third kappa shape index (κ3) is 4.63. The molecule has 0 bridgehead atoms. The molecule has 1 aliphatic rings. The minimum absolute atomic E-state index is 0.00171. The van der Waals surface area contributed by atoms with E-state index in [2.05, 4.69) is 0 Å². The maximum absolute atomic E-state index is 12.1. The predicted octanol–water partition coefficient (Wildman–Crippen LogP) is 1.67. The van der Waals surface area contributed by atoms with E-state index in [0.29, 0.717) is 39.2 Å². The van der Waals surface area contributed by atoms with Gasteiger partial charge < -0.3 is 14.5 Å². The van der Waals surface area contributed by atoms with Gasteiger partial charge in [-0.2, -0.15) is 0 Å². The number of hydrogen-bond acceptors (Lipinski definition) is 3. The van der Waals surface area contributed by atoms with E-state index >= 15 is 0 Å². The Bertz CT molecular complexity index is 528. The SMILES string of the molecule is Cc1cccc(OCCC(=O)N2CCN(C(=O)CCl)CC2)c1. The molecule has 0 atom stereocenters. The number of ether oxygens (including phenoxy) is 1. The highest BCUT2D eigenvalue weighted by molar-refractivity contribution is 6.27. The number of benzene rings is 1. The van der Waals surface area contributed by atoms with Crippen molar-refractivity contribution in [3.63, 3.8) is 0 Å². The fourth-order valence-electron chi connectivity index (χ4n) is 2.41. The predicted molar refractivity (Wildman–Crippen MR) is 85.2 cm³/mol.